The maximum atomic E-state index is 11.9. The summed E-state index contributed by atoms with van der Waals surface area (Å²) in [5.41, 5.74) is -1.01. The SMILES string of the molecule is CCC(C)(NCC(=O)N1CCCCC1)C(=O)O. The third-order valence-corrected chi connectivity index (χ3v) is 3.52. The van der Waals surface area contributed by atoms with Crippen LogP contribution in [0.1, 0.15) is 39.5 Å². The molecule has 1 unspecified atom stereocenters. The zero-order valence-corrected chi connectivity index (χ0v) is 10.7. The normalized spacial score (nSPS) is 19.8. The van der Waals surface area contributed by atoms with Crippen LogP contribution in [0.5, 0.6) is 0 Å². The first kappa shape index (κ1) is 14.0. The van der Waals surface area contributed by atoms with Crippen LogP contribution < -0.4 is 5.32 Å². The van der Waals surface area contributed by atoms with Gasteiger partial charge in [-0.3, -0.25) is 14.9 Å². The third kappa shape index (κ3) is 3.70. The fourth-order valence-electron chi connectivity index (χ4n) is 1.88. The van der Waals surface area contributed by atoms with Gasteiger partial charge < -0.3 is 10.0 Å². The molecule has 1 amide bonds. The van der Waals surface area contributed by atoms with Crippen LogP contribution in [0.4, 0.5) is 0 Å². The maximum absolute atomic E-state index is 11.9. The summed E-state index contributed by atoms with van der Waals surface area (Å²) in [7, 11) is 0. The molecule has 5 nitrogen and oxygen atoms in total. The summed E-state index contributed by atoms with van der Waals surface area (Å²) >= 11 is 0. The van der Waals surface area contributed by atoms with E-state index in [2.05, 4.69) is 5.32 Å². The lowest BCUT2D eigenvalue weighted by Gasteiger charge is -2.29. The lowest BCUT2D eigenvalue weighted by atomic mass is 9.99. The van der Waals surface area contributed by atoms with Crippen molar-refractivity contribution in [1.29, 1.82) is 0 Å². The minimum atomic E-state index is -1.01. The van der Waals surface area contributed by atoms with E-state index in [1.807, 2.05) is 4.90 Å². The number of hydrogen-bond donors (Lipinski definition) is 2. The van der Waals surface area contributed by atoms with Gasteiger partial charge in [-0.1, -0.05) is 6.92 Å². The number of carboxylic acids is 1. The van der Waals surface area contributed by atoms with Gasteiger partial charge in [0, 0.05) is 13.1 Å². The number of carbonyl (C=O) groups excluding carboxylic acids is 1. The van der Waals surface area contributed by atoms with Gasteiger partial charge in [-0.2, -0.15) is 0 Å². The summed E-state index contributed by atoms with van der Waals surface area (Å²) in [4.78, 5) is 24.7. The van der Waals surface area contributed by atoms with Gasteiger partial charge in [0.25, 0.3) is 0 Å². The predicted molar refractivity (Wildman–Crippen MR) is 64.8 cm³/mol. The molecule has 0 radical (unpaired) electrons. The Balaban J connectivity index is 2.43. The molecule has 5 heteroatoms. The van der Waals surface area contributed by atoms with E-state index in [9.17, 15) is 9.59 Å². The Morgan fingerprint density at radius 3 is 2.35 bits per heavy atom. The highest BCUT2D eigenvalue weighted by molar-refractivity contribution is 5.82. The number of aliphatic carboxylic acids is 1. The molecule has 1 aliphatic rings. The molecule has 0 aromatic heterocycles. The molecular weight excluding hydrogens is 220 g/mol. The van der Waals surface area contributed by atoms with Crippen molar-refractivity contribution in [3.05, 3.63) is 0 Å². The highest BCUT2D eigenvalue weighted by atomic mass is 16.4. The number of nitrogens with zero attached hydrogens (tertiary/aromatic N) is 1. The fourth-order valence-corrected chi connectivity index (χ4v) is 1.88. The Kier molecular flexibility index (Phi) is 4.93. The molecule has 0 spiro atoms. The van der Waals surface area contributed by atoms with Crippen molar-refractivity contribution in [2.75, 3.05) is 19.6 Å². The van der Waals surface area contributed by atoms with Crippen molar-refractivity contribution in [2.45, 2.75) is 45.1 Å². The van der Waals surface area contributed by atoms with Gasteiger partial charge in [-0.05, 0) is 32.6 Å². The molecule has 0 aromatic carbocycles. The number of carboxylic acid groups (broad SMARTS) is 1. The van der Waals surface area contributed by atoms with Crippen LogP contribution in [0, 0.1) is 0 Å². The van der Waals surface area contributed by atoms with E-state index >= 15 is 0 Å². The van der Waals surface area contributed by atoms with Gasteiger partial charge in [-0.15, -0.1) is 0 Å². The summed E-state index contributed by atoms with van der Waals surface area (Å²) in [6, 6.07) is 0. The number of likely N-dealkylation sites (tertiary alicyclic amines) is 1. The maximum Gasteiger partial charge on any atom is 0.323 e. The minimum Gasteiger partial charge on any atom is -0.480 e. The molecule has 1 fully saturated rings. The molecule has 1 saturated heterocycles. The summed E-state index contributed by atoms with van der Waals surface area (Å²) in [5, 5.41) is 11.9. The van der Waals surface area contributed by atoms with Gasteiger partial charge in [0.15, 0.2) is 0 Å². The Hall–Kier alpha value is -1.10. The summed E-state index contributed by atoms with van der Waals surface area (Å²) in [5.74, 6) is -0.905. The highest BCUT2D eigenvalue weighted by Gasteiger charge is 2.31. The average Bonchev–Trinajstić information content (AvgIpc) is 2.36. The fraction of sp³-hybridized carbons (Fsp3) is 0.833. The standard InChI is InChI=1S/C12H22N2O3/c1-3-12(2,11(16)17)13-9-10(15)14-7-5-4-6-8-14/h13H,3-9H2,1-2H3,(H,16,17). The summed E-state index contributed by atoms with van der Waals surface area (Å²) in [6.07, 6.45) is 3.74. The molecule has 1 atom stereocenters. The number of piperidine rings is 1. The molecule has 0 aromatic rings. The predicted octanol–water partition coefficient (Wildman–Crippen LogP) is 0.842. The second-order valence-electron chi connectivity index (χ2n) is 4.79. The van der Waals surface area contributed by atoms with Gasteiger partial charge in [0.1, 0.15) is 5.54 Å². The molecular formula is C12H22N2O3. The van der Waals surface area contributed by atoms with E-state index in [1.165, 1.54) is 6.42 Å². The first-order chi connectivity index (χ1) is 7.99. The lowest BCUT2D eigenvalue weighted by Crippen LogP contribution is -2.53. The van der Waals surface area contributed by atoms with Crippen LogP contribution >= 0.6 is 0 Å². The van der Waals surface area contributed by atoms with E-state index in [0.717, 1.165) is 25.9 Å². The molecule has 1 rings (SSSR count). The third-order valence-electron chi connectivity index (χ3n) is 3.52. The van der Waals surface area contributed by atoms with Crippen LogP contribution in [0.2, 0.25) is 0 Å². The first-order valence-electron chi connectivity index (χ1n) is 6.26. The molecule has 17 heavy (non-hydrogen) atoms. The van der Waals surface area contributed by atoms with Crippen molar-refractivity contribution < 1.29 is 14.7 Å². The molecule has 98 valence electrons. The van der Waals surface area contributed by atoms with Gasteiger partial charge in [-0.25, -0.2) is 0 Å². The molecule has 2 N–H and O–H groups in total. The smallest absolute Gasteiger partial charge is 0.323 e. The van der Waals surface area contributed by atoms with Crippen LogP contribution in [0.15, 0.2) is 0 Å². The van der Waals surface area contributed by atoms with E-state index < -0.39 is 11.5 Å². The molecule has 1 aliphatic heterocycles. The second kappa shape index (κ2) is 6.00. The van der Waals surface area contributed by atoms with Crippen molar-refractivity contribution in [3.8, 4) is 0 Å². The van der Waals surface area contributed by atoms with Gasteiger partial charge >= 0.3 is 5.97 Å². The van der Waals surface area contributed by atoms with Crippen LogP contribution in [0.3, 0.4) is 0 Å². The Morgan fingerprint density at radius 1 is 1.29 bits per heavy atom. The van der Waals surface area contributed by atoms with E-state index in [1.54, 1.807) is 13.8 Å². The molecule has 0 aliphatic carbocycles. The topological polar surface area (TPSA) is 69.6 Å². The summed E-state index contributed by atoms with van der Waals surface area (Å²) < 4.78 is 0. The van der Waals surface area contributed by atoms with Crippen LogP contribution in [0.25, 0.3) is 0 Å². The second-order valence-corrected chi connectivity index (χ2v) is 4.79. The quantitative estimate of drug-likeness (QED) is 0.749. The Bertz CT molecular complexity index is 287. The Morgan fingerprint density at radius 2 is 1.88 bits per heavy atom. The average molecular weight is 242 g/mol. The summed E-state index contributed by atoms with van der Waals surface area (Å²) in [6.45, 7) is 5.12. The monoisotopic (exact) mass is 242 g/mol. The van der Waals surface area contributed by atoms with Crippen molar-refractivity contribution in [2.24, 2.45) is 0 Å². The largest absolute Gasteiger partial charge is 0.480 e. The zero-order chi connectivity index (χ0) is 12.9. The number of rotatable bonds is 5. The minimum absolute atomic E-state index is 0.00521. The number of hydrogen-bond acceptors (Lipinski definition) is 3. The van der Waals surface area contributed by atoms with E-state index in [4.69, 9.17) is 5.11 Å². The van der Waals surface area contributed by atoms with Crippen LogP contribution in [-0.4, -0.2) is 47.1 Å². The zero-order valence-electron chi connectivity index (χ0n) is 10.7. The first-order valence-corrected chi connectivity index (χ1v) is 6.26. The number of amides is 1. The molecule has 0 saturated carbocycles. The number of carbonyl (C=O) groups is 2. The van der Waals surface area contributed by atoms with Gasteiger partial charge in [0.05, 0.1) is 6.54 Å². The Labute approximate surface area is 102 Å². The molecule has 0 bridgehead atoms. The van der Waals surface area contributed by atoms with E-state index in [0.29, 0.717) is 6.42 Å². The van der Waals surface area contributed by atoms with Gasteiger partial charge in [0.2, 0.25) is 5.91 Å². The van der Waals surface area contributed by atoms with Crippen LogP contribution in [-0.2, 0) is 9.59 Å². The highest BCUT2D eigenvalue weighted by Crippen LogP contribution is 2.11. The molecule has 1 heterocycles. The lowest BCUT2D eigenvalue weighted by molar-refractivity contribution is -0.144. The van der Waals surface area contributed by atoms with Crippen molar-refractivity contribution >= 4 is 11.9 Å². The number of nitrogens with one attached hydrogen (secondary N) is 1. The van der Waals surface area contributed by atoms with E-state index in [-0.39, 0.29) is 12.5 Å². The van der Waals surface area contributed by atoms with Crippen molar-refractivity contribution in [1.82, 2.24) is 10.2 Å². The van der Waals surface area contributed by atoms with Crippen molar-refractivity contribution in [3.63, 3.8) is 0 Å².